The van der Waals surface area contributed by atoms with Gasteiger partial charge in [0.15, 0.2) is 6.61 Å². The van der Waals surface area contributed by atoms with E-state index in [2.05, 4.69) is 5.32 Å². The summed E-state index contributed by atoms with van der Waals surface area (Å²) in [4.78, 5) is 28.5. The molecule has 1 amide bonds. The molecule has 10 heteroatoms. The first kappa shape index (κ1) is 22.9. The van der Waals surface area contributed by atoms with Crippen molar-refractivity contribution in [2.75, 3.05) is 27.9 Å². The van der Waals surface area contributed by atoms with E-state index in [1.807, 2.05) is 13.8 Å². The van der Waals surface area contributed by atoms with Crippen molar-refractivity contribution in [2.24, 2.45) is 0 Å². The molecule has 1 aromatic carbocycles. The van der Waals surface area contributed by atoms with E-state index >= 15 is 0 Å². The molecule has 0 aliphatic heterocycles. The lowest BCUT2D eigenvalue weighted by molar-refractivity contribution is -0.124. The topological polar surface area (TPSA) is 111 Å². The summed E-state index contributed by atoms with van der Waals surface area (Å²) in [6.45, 7) is 3.40. The number of sulfonamides is 1. The fraction of sp³-hybridized carbons (Fsp3) is 0.529. The number of carbonyl (C=O) groups is 2. The standard InChI is InChI=1S/C17H26N2O7S/c1-6-7-12(2)18-16(20)11-26-17(21)13-8-9-14(24-4)15(10-13)27(22,23)19(3)25-5/h8-10,12H,6-7,11H2,1-5H3,(H,18,20)/t12-/m1/s1. The number of ether oxygens (including phenoxy) is 2. The molecule has 0 radical (unpaired) electrons. The van der Waals surface area contributed by atoms with Crippen molar-refractivity contribution in [3.8, 4) is 5.75 Å². The molecule has 1 atom stereocenters. The first-order valence-electron chi connectivity index (χ1n) is 8.34. The maximum Gasteiger partial charge on any atom is 0.338 e. The molecule has 9 nitrogen and oxygen atoms in total. The van der Waals surface area contributed by atoms with Crippen molar-refractivity contribution >= 4 is 21.9 Å². The zero-order chi connectivity index (χ0) is 20.6. The Morgan fingerprint density at radius 1 is 1.26 bits per heavy atom. The van der Waals surface area contributed by atoms with Crippen LogP contribution in [0.25, 0.3) is 0 Å². The number of hydrogen-bond donors (Lipinski definition) is 1. The number of hydroxylamine groups is 1. The van der Waals surface area contributed by atoms with Crippen molar-refractivity contribution in [3.63, 3.8) is 0 Å². The minimum Gasteiger partial charge on any atom is -0.495 e. The van der Waals surface area contributed by atoms with Crippen LogP contribution >= 0.6 is 0 Å². The lowest BCUT2D eigenvalue weighted by Gasteiger charge is -2.17. The van der Waals surface area contributed by atoms with Gasteiger partial charge in [0.25, 0.3) is 15.9 Å². The lowest BCUT2D eigenvalue weighted by atomic mass is 10.2. The van der Waals surface area contributed by atoms with Crippen molar-refractivity contribution < 1.29 is 32.3 Å². The molecule has 0 fully saturated rings. The Hall–Kier alpha value is -2.17. The summed E-state index contributed by atoms with van der Waals surface area (Å²) in [5.74, 6) is -1.21. The van der Waals surface area contributed by atoms with E-state index < -0.39 is 28.5 Å². The third kappa shape index (κ3) is 6.19. The van der Waals surface area contributed by atoms with Crippen LogP contribution in [0.3, 0.4) is 0 Å². The van der Waals surface area contributed by atoms with E-state index in [-0.39, 0.29) is 22.3 Å². The van der Waals surface area contributed by atoms with E-state index in [1.54, 1.807) is 0 Å². The van der Waals surface area contributed by atoms with Crippen molar-refractivity contribution in [1.29, 1.82) is 0 Å². The van der Waals surface area contributed by atoms with Crippen LogP contribution in [0.1, 0.15) is 37.0 Å². The van der Waals surface area contributed by atoms with Gasteiger partial charge in [0.05, 0.1) is 19.8 Å². The summed E-state index contributed by atoms with van der Waals surface area (Å²) in [7, 11) is -0.331. The van der Waals surface area contributed by atoms with Gasteiger partial charge in [-0.25, -0.2) is 13.2 Å². The molecule has 0 unspecified atom stereocenters. The molecule has 152 valence electrons. The zero-order valence-electron chi connectivity index (χ0n) is 16.1. The van der Waals surface area contributed by atoms with Gasteiger partial charge in [0, 0.05) is 13.1 Å². The molecule has 0 aliphatic rings. The van der Waals surface area contributed by atoms with Crippen molar-refractivity contribution in [1.82, 2.24) is 9.79 Å². The zero-order valence-corrected chi connectivity index (χ0v) is 17.0. The van der Waals surface area contributed by atoms with Gasteiger partial charge >= 0.3 is 5.97 Å². The second kappa shape index (κ2) is 10.2. The predicted molar refractivity (Wildman–Crippen MR) is 97.7 cm³/mol. The number of nitrogens with zero attached hydrogens (tertiary/aromatic N) is 1. The van der Waals surface area contributed by atoms with Crippen LogP contribution in [-0.4, -0.2) is 58.7 Å². The Bertz CT molecular complexity index is 765. The van der Waals surface area contributed by atoms with Gasteiger partial charge < -0.3 is 14.8 Å². The lowest BCUT2D eigenvalue weighted by Crippen LogP contribution is -2.35. The Balaban J connectivity index is 2.93. The first-order chi connectivity index (χ1) is 12.7. The molecule has 0 saturated carbocycles. The fourth-order valence-electron chi connectivity index (χ4n) is 2.28. The monoisotopic (exact) mass is 402 g/mol. The summed E-state index contributed by atoms with van der Waals surface area (Å²) in [5, 5.41) is 2.71. The molecule has 0 aromatic heterocycles. The average molecular weight is 402 g/mol. The quantitative estimate of drug-likeness (QED) is 0.464. The number of esters is 1. The summed E-state index contributed by atoms with van der Waals surface area (Å²) in [5.41, 5.74) is -0.0340. The highest BCUT2D eigenvalue weighted by Crippen LogP contribution is 2.27. The molecule has 1 N–H and O–H groups in total. The second-order valence-electron chi connectivity index (χ2n) is 5.80. The Morgan fingerprint density at radius 2 is 1.93 bits per heavy atom. The molecule has 0 heterocycles. The van der Waals surface area contributed by atoms with Crippen LogP contribution < -0.4 is 10.1 Å². The summed E-state index contributed by atoms with van der Waals surface area (Å²) >= 11 is 0. The third-order valence-electron chi connectivity index (χ3n) is 3.74. The van der Waals surface area contributed by atoms with Gasteiger partial charge in [-0.15, -0.1) is 0 Å². The summed E-state index contributed by atoms with van der Waals surface area (Å²) in [6.07, 6.45) is 1.73. The second-order valence-corrected chi connectivity index (χ2v) is 7.70. The van der Waals surface area contributed by atoms with Gasteiger partial charge in [0.1, 0.15) is 10.6 Å². The van der Waals surface area contributed by atoms with Crippen LogP contribution in [0.2, 0.25) is 0 Å². The van der Waals surface area contributed by atoms with Gasteiger partial charge in [-0.1, -0.05) is 17.8 Å². The maximum absolute atomic E-state index is 12.5. The predicted octanol–water partition coefficient (Wildman–Crippen LogP) is 1.34. The highest BCUT2D eigenvalue weighted by atomic mass is 32.2. The largest absolute Gasteiger partial charge is 0.495 e. The first-order valence-corrected chi connectivity index (χ1v) is 9.78. The molecule has 1 aromatic rings. The Kier molecular flexibility index (Phi) is 8.67. The molecule has 27 heavy (non-hydrogen) atoms. The minimum atomic E-state index is -4.04. The third-order valence-corrected chi connectivity index (χ3v) is 5.44. The summed E-state index contributed by atoms with van der Waals surface area (Å²) in [6, 6.07) is 3.77. The number of hydrogen-bond acceptors (Lipinski definition) is 7. The van der Waals surface area contributed by atoms with E-state index in [9.17, 15) is 18.0 Å². The van der Waals surface area contributed by atoms with Crippen molar-refractivity contribution in [2.45, 2.75) is 37.6 Å². The molecule has 0 aliphatic carbocycles. The van der Waals surface area contributed by atoms with Crippen LogP contribution in [0.4, 0.5) is 0 Å². The van der Waals surface area contributed by atoms with E-state index in [0.29, 0.717) is 4.47 Å². The number of benzene rings is 1. The molecule has 0 spiro atoms. The molecule has 0 bridgehead atoms. The SMILES string of the molecule is CCC[C@@H](C)NC(=O)COC(=O)c1ccc(OC)c(S(=O)(=O)N(C)OC)c1. The number of amides is 1. The highest BCUT2D eigenvalue weighted by Gasteiger charge is 2.27. The average Bonchev–Trinajstić information content (AvgIpc) is 2.64. The fourth-order valence-corrected chi connectivity index (χ4v) is 3.43. The van der Waals surface area contributed by atoms with Crippen LogP contribution in [0, 0.1) is 0 Å². The number of rotatable bonds is 10. The van der Waals surface area contributed by atoms with E-state index in [1.165, 1.54) is 33.4 Å². The molecular formula is C17H26N2O7S. The maximum atomic E-state index is 12.5. The number of methoxy groups -OCH3 is 1. The van der Waals surface area contributed by atoms with Gasteiger partial charge in [0.2, 0.25) is 0 Å². The summed E-state index contributed by atoms with van der Waals surface area (Å²) < 4.78 is 35.6. The van der Waals surface area contributed by atoms with Gasteiger partial charge in [-0.2, -0.15) is 0 Å². The van der Waals surface area contributed by atoms with Crippen LogP contribution in [0.15, 0.2) is 23.1 Å². The normalized spacial score (nSPS) is 12.5. The number of nitrogens with one attached hydrogen (secondary N) is 1. The van der Waals surface area contributed by atoms with E-state index in [4.69, 9.17) is 14.3 Å². The van der Waals surface area contributed by atoms with E-state index in [0.717, 1.165) is 18.9 Å². The number of carbonyl (C=O) groups excluding carboxylic acids is 2. The molecular weight excluding hydrogens is 376 g/mol. The van der Waals surface area contributed by atoms with Gasteiger partial charge in [-0.05, 0) is 31.5 Å². The Morgan fingerprint density at radius 3 is 2.48 bits per heavy atom. The molecule has 0 saturated heterocycles. The smallest absolute Gasteiger partial charge is 0.338 e. The van der Waals surface area contributed by atoms with Crippen LogP contribution in [0.5, 0.6) is 5.75 Å². The Labute approximate surface area is 159 Å². The minimum absolute atomic E-state index is 0.0245. The molecule has 1 rings (SSSR count). The highest BCUT2D eigenvalue weighted by molar-refractivity contribution is 7.89. The van der Waals surface area contributed by atoms with Crippen molar-refractivity contribution in [3.05, 3.63) is 23.8 Å². The van der Waals surface area contributed by atoms with Crippen LogP contribution in [-0.2, 0) is 24.4 Å². The van der Waals surface area contributed by atoms with Gasteiger partial charge in [-0.3, -0.25) is 9.63 Å².